The Kier molecular flexibility index (Phi) is 6.55. The van der Waals surface area contributed by atoms with Gasteiger partial charge in [0.2, 0.25) is 5.91 Å². The fourth-order valence-corrected chi connectivity index (χ4v) is 3.71. The minimum Gasteiger partial charge on any atom is -0.324 e. The van der Waals surface area contributed by atoms with Crippen molar-refractivity contribution in [1.82, 2.24) is 0 Å². The molecule has 3 aromatic rings. The van der Waals surface area contributed by atoms with Crippen molar-refractivity contribution in [1.29, 1.82) is 0 Å². The van der Waals surface area contributed by atoms with Crippen molar-refractivity contribution in [2.45, 2.75) is 24.0 Å². The third kappa shape index (κ3) is 5.03. The molecular weight excluding hydrogens is 390 g/mol. The fourth-order valence-electron chi connectivity index (χ4n) is 2.67. The number of hydrogen-bond donors (Lipinski definition) is 1. The van der Waals surface area contributed by atoms with Crippen LogP contribution in [0.1, 0.15) is 28.4 Å². The first-order valence-electron chi connectivity index (χ1n) is 8.87. The monoisotopic (exact) mass is 409 g/mol. The lowest BCUT2D eigenvalue weighted by molar-refractivity contribution is -0.115. The van der Waals surface area contributed by atoms with E-state index < -0.39 is 0 Å². The summed E-state index contributed by atoms with van der Waals surface area (Å²) >= 11 is 7.57. The van der Waals surface area contributed by atoms with Crippen molar-refractivity contribution in [2.75, 3.05) is 5.32 Å². The first-order valence-corrected chi connectivity index (χ1v) is 10.1. The molecule has 3 rings (SSSR count). The second-order valence-electron chi connectivity index (χ2n) is 6.45. The molecule has 0 saturated carbocycles. The second-order valence-corrected chi connectivity index (χ2v) is 8.30. The maximum absolute atomic E-state index is 12.9. The van der Waals surface area contributed by atoms with Gasteiger partial charge in [-0.25, -0.2) is 0 Å². The predicted molar refractivity (Wildman–Crippen MR) is 116 cm³/mol. The molecule has 0 aliphatic heterocycles. The fraction of sp³-hybridized carbons (Fsp3) is 0.130. The number of halogens is 1. The summed E-state index contributed by atoms with van der Waals surface area (Å²) in [5.74, 6) is -0.354. The molecule has 3 nitrogen and oxygen atoms in total. The Hall–Kier alpha value is -2.56. The van der Waals surface area contributed by atoms with E-state index >= 15 is 0 Å². The lowest BCUT2D eigenvalue weighted by Gasteiger charge is -2.15. The van der Waals surface area contributed by atoms with Crippen LogP contribution in [-0.2, 0) is 4.79 Å². The number of thioether (sulfide) groups is 1. The van der Waals surface area contributed by atoms with E-state index in [1.54, 1.807) is 42.5 Å². The van der Waals surface area contributed by atoms with Gasteiger partial charge in [0, 0.05) is 21.0 Å². The summed E-state index contributed by atoms with van der Waals surface area (Å²) in [6.07, 6.45) is 0. The summed E-state index contributed by atoms with van der Waals surface area (Å²) in [4.78, 5) is 26.6. The molecule has 0 saturated heterocycles. The number of anilines is 1. The number of rotatable bonds is 6. The van der Waals surface area contributed by atoms with E-state index in [-0.39, 0.29) is 16.9 Å². The van der Waals surface area contributed by atoms with Crippen LogP contribution in [0.4, 0.5) is 5.69 Å². The molecule has 0 bridgehead atoms. The van der Waals surface area contributed by atoms with Crippen LogP contribution in [0.2, 0.25) is 5.02 Å². The van der Waals surface area contributed by atoms with E-state index in [9.17, 15) is 9.59 Å². The Labute approximate surface area is 174 Å². The third-order valence-corrected chi connectivity index (χ3v) is 5.57. The molecule has 1 atom stereocenters. The van der Waals surface area contributed by atoms with Gasteiger partial charge in [-0.15, -0.1) is 11.8 Å². The van der Waals surface area contributed by atoms with Gasteiger partial charge in [0.15, 0.2) is 5.78 Å². The molecule has 0 spiro atoms. The van der Waals surface area contributed by atoms with E-state index in [1.807, 2.05) is 44.2 Å². The van der Waals surface area contributed by atoms with Gasteiger partial charge >= 0.3 is 0 Å². The average molecular weight is 410 g/mol. The number of aryl methyl sites for hydroxylation is 1. The van der Waals surface area contributed by atoms with Crippen molar-refractivity contribution >= 4 is 40.7 Å². The van der Waals surface area contributed by atoms with E-state index in [0.29, 0.717) is 21.8 Å². The Bertz CT molecular complexity index is 987. The highest BCUT2D eigenvalue weighted by Gasteiger charge is 2.19. The zero-order valence-corrected chi connectivity index (χ0v) is 17.2. The van der Waals surface area contributed by atoms with Gasteiger partial charge in [-0.3, -0.25) is 9.59 Å². The van der Waals surface area contributed by atoms with Gasteiger partial charge in [-0.2, -0.15) is 0 Å². The minimum absolute atomic E-state index is 0.171. The number of carbonyl (C=O) groups is 2. The highest BCUT2D eigenvalue weighted by atomic mass is 35.5. The SMILES string of the molecule is Cc1ccc(S[C@H](C)C(=O)Nc2ccc(Cl)cc2C(=O)c2ccccc2)cc1. The summed E-state index contributed by atoms with van der Waals surface area (Å²) in [6, 6.07) is 21.9. The largest absolute Gasteiger partial charge is 0.324 e. The van der Waals surface area contributed by atoms with Gasteiger partial charge in [-0.1, -0.05) is 59.6 Å². The molecule has 0 unspecified atom stereocenters. The number of hydrogen-bond acceptors (Lipinski definition) is 3. The number of nitrogens with one attached hydrogen (secondary N) is 1. The molecule has 3 aromatic carbocycles. The summed E-state index contributed by atoms with van der Waals surface area (Å²) in [5.41, 5.74) is 2.55. The minimum atomic E-state index is -0.321. The highest BCUT2D eigenvalue weighted by Crippen LogP contribution is 2.27. The van der Waals surface area contributed by atoms with E-state index in [1.165, 1.54) is 17.3 Å². The summed E-state index contributed by atoms with van der Waals surface area (Å²) in [7, 11) is 0. The van der Waals surface area contributed by atoms with Crippen LogP contribution >= 0.6 is 23.4 Å². The summed E-state index contributed by atoms with van der Waals surface area (Å²) in [6.45, 7) is 3.87. The Morgan fingerprint density at radius 2 is 1.64 bits per heavy atom. The molecule has 0 aromatic heterocycles. The van der Waals surface area contributed by atoms with Crippen molar-refractivity contribution in [3.63, 3.8) is 0 Å². The van der Waals surface area contributed by atoms with Crippen LogP contribution < -0.4 is 5.32 Å². The van der Waals surface area contributed by atoms with Crippen molar-refractivity contribution in [2.24, 2.45) is 0 Å². The quantitative estimate of drug-likeness (QED) is 0.401. The second kappa shape index (κ2) is 9.09. The van der Waals surface area contributed by atoms with Gasteiger partial charge in [-0.05, 0) is 44.2 Å². The molecule has 142 valence electrons. The topological polar surface area (TPSA) is 46.2 Å². The highest BCUT2D eigenvalue weighted by molar-refractivity contribution is 8.00. The first-order chi connectivity index (χ1) is 13.4. The molecule has 0 radical (unpaired) electrons. The molecule has 28 heavy (non-hydrogen) atoms. The van der Waals surface area contributed by atoms with Gasteiger partial charge in [0.1, 0.15) is 0 Å². The maximum atomic E-state index is 12.9. The molecule has 0 heterocycles. The molecule has 1 amide bonds. The number of amides is 1. The maximum Gasteiger partial charge on any atom is 0.237 e. The van der Waals surface area contributed by atoms with Crippen LogP contribution in [0.15, 0.2) is 77.7 Å². The molecule has 1 N–H and O–H groups in total. The van der Waals surface area contributed by atoms with E-state index in [4.69, 9.17) is 11.6 Å². The molecule has 0 aliphatic rings. The third-order valence-electron chi connectivity index (χ3n) is 4.22. The average Bonchev–Trinajstić information content (AvgIpc) is 2.71. The van der Waals surface area contributed by atoms with Crippen LogP contribution in [-0.4, -0.2) is 16.9 Å². The van der Waals surface area contributed by atoms with Gasteiger partial charge in [0.25, 0.3) is 0 Å². The smallest absolute Gasteiger partial charge is 0.237 e. The first kappa shape index (κ1) is 20.2. The molecule has 5 heteroatoms. The van der Waals surface area contributed by atoms with Crippen molar-refractivity contribution in [3.8, 4) is 0 Å². The predicted octanol–water partition coefficient (Wildman–Crippen LogP) is 6.00. The van der Waals surface area contributed by atoms with Crippen LogP contribution in [0.25, 0.3) is 0 Å². The lowest BCUT2D eigenvalue weighted by atomic mass is 10.0. The van der Waals surface area contributed by atoms with Crippen molar-refractivity contribution in [3.05, 3.63) is 94.5 Å². The van der Waals surface area contributed by atoms with E-state index in [2.05, 4.69) is 5.32 Å². The Morgan fingerprint density at radius 1 is 0.964 bits per heavy atom. The zero-order chi connectivity index (χ0) is 20.1. The van der Waals surface area contributed by atoms with Crippen LogP contribution in [0, 0.1) is 6.92 Å². The zero-order valence-electron chi connectivity index (χ0n) is 15.6. The molecule has 0 aliphatic carbocycles. The number of benzene rings is 3. The standard InChI is InChI=1S/C23H20ClNO2S/c1-15-8-11-19(12-9-15)28-16(2)23(27)25-21-13-10-18(24)14-20(21)22(26)17-6-4-3-5-7-17/h3-14,16H,1-2H3,(H,25,27)/t16-/m1/s1. The molecular formula is C23H20ClNO2S. The van der Waals surface area contributed by atoms with Crippen LogP contribution in [0.3, 0.4) is 0 Å². The van der Waals surface area contributed by atoms with Gasteiger partial charge in [0.05, 0.1) is 10.9 Å². The number of ketones is 1. The summed E-state index contributed by atoms with van der Waals surface area (Å²) < 4.78 is 0. The number of carbonyl (C=O) groups excluding carboxylic acids is 2. The summed E-state index contributed by atoms with van der Waals surface area (Å²) in [5, 5.41) is 3.00. The van der Waals surface area contributed by atoms with E-state index in [0.717, 1.165) is 4.90 Å². The Balaban J connectivity index is 1.79. The van der Waals surface area contributed by atoms with Crippen LogP contribution in [0.5, 0.6) is 0 Å². The normalized spacial score (nSPS) is 11.7. The lowest BCUT2D eigenvalue weighted by Crippen LogP contribution is -2.23. The van der Waals surface area contributed by atoms with Crippen molar-refractivity contribution < 1.29 is 9.59 Å². The molecule has 0 fully saturated rings. The Morgan fingerprint density at radius 3 is 2.32 bits per heavy atom. The van der Waals surface area contributed by atoms with Gasteiger partial charge < -0.3 is 5.32 Å².